The summed E-state index contributed by atoms with van der Waals surface area (Å²) >= 11 is 0. The molecule has 8 heteroatoms. The van der Waals surface area contributed by atoms with Gasteiger partial charge >= 0.3 is 6.03 Å². The fourth-order valence-corrected chi connectivity index (χ4v) is 5.64. The van der Waals surface area contributed by atoms with Crippen LogP contribution in [0.25, 0.3) is 0 Å². The third kappa shape index (κ3) is 5.82. The standard InChI is InChI=1S/C17H34N4O3S/c1-5-6-11-18-15(22)19-14-7-9-17(4,10-8-14)13-21-12-16(2,3)20-25(21,23)24/h14,20H,5-13H2,1-4H3,(H2,18,19,22). The number of nitrogens with zero attached hydrogens (tertiary/aromatic N) is 1. The van der Waals surface area contributed by atoms with Crippen LogP contribution in [0.5, 0.6) is 0 Å². The molecule has 0 radical (unpaired) electrons. The molecule has 0 spiro atoms. The zero-order chi connectivity index (χ0) is 18.7. The van der Waals surface area contributed by atoms with Crippen LogP contribution in [-0.4, -0.2) is 50.0 Å². The lowest BCUT2D eigenvalue weighted by molar-refractivity contribution is 0.147. The van der Waals surface area contributed by atoms with Crippen molar-refractivity contribution >= 4 is 16.2 Å². The van der Waals surface area contributed by atoms with Gasteiger partial charge in [-0.3, -0.25) is 0 Å². The van der Waals surface area contributed by atoms with E-state index in [4.69, 9.17) is 0 Å². The zero-order valence-electron chi connectivity index (χ0n) is 16.0. The van der Waals surface area contributed by atoms with E-state index in [0.717, 1.165) is 38.5 Å². The Hall–Kier alpha value is -0.860. The van der Waals surface area contributed by atoms with Gasteiger partial charge in [0.2, 0.25) is 0 Å². The summed E-state index contributed by atoms with van der Waals surface area (Å²) in [4.78, 5) is 11.9. The van der Waals surface area contributed by atoms with E-state index in [9.17, 15) is 13.2 Å². The molecular weight excluding hydrogens is 340 g/mol. The molecule has 1 saturated heterocycles. The predicted octanol–water partition coefficient (Wildman–Crippen LogP) is 1.96. The summed E-state index contributed by atoms with van der Waals surface area (Å²) < 4.78 is 28.9. The summed E-state index contributed by atoms with van der Waals surface area (Å²) in [5.74, 6) is 0. The van der Waals surface area contributed by atoms with E-state index in [1.165, 1.54) is 0 Å². The predicted molar refractivity (Wildman–Crippen MR) is 99.5 cm³/mol. The van der Waals surface area contributed by atoms with Crippen LogP contribution >= 0.6 is 0 Å². The van der Waals surface area contributed by atoms with Gasteiger partial charge < -0.3 is 10.6 Å². The summed E-state index contributed by atoms with van der Waals surface area (Å²) in [6.45, 7) is 9.83. The van der Waals surface area contributed by atoms with Crippen LogP contribution in [0.4, 0.5) is 4.79 Å². The van der Waals surface area contributed by atoms with Gasteiger partial charge in [-0.2, -0.15) is 17.4 Å². The lowest BCUT2D eigenvalue weighted by Crippen LogP contribution is -2.47. The normalized spacial score (nSPS) is 31.6. The summed E-state index contributed by atoms with van der Waals surface area (Å²) in [5, 5.41) is 5.93. The minimum atomic E-state index is -3.37. The van der Waals surface area contributed by atoms with Crippen molar-refractivity contribution in [3.8, 4) is 0 Å². The molecule has 1 saturated carbocycles. The second kappa shape index (κ2) is 7.80. The van der Waals surface area contributed by atoms with Crippen LogP contribution in [0.1, 0.15) is 66.2 Å². The first kappa shape index (κ1) is 20.5. The van der Waals surface area contributed by atoms with Crippen molar-refractivity contribution in [3.05, 3.63) is 0 Å². The van der Waals surface area contributed by atoms with Crippen LogP contribution in [0.15, 0.2) is 0 Å². The first-order valence-corrected chi connectivity index (χ1v) is 10.8. The highest BCUT2D eigenvalue weighted by atomic mass is 32.2. The van der Waals surface area contributed by atoms with Gasteiger partial charge in [0.05, 0.1) is 0 Å². The number of hydrogen-bond acceptors (Lipinski definition) is 3. The van der Waals surface area contributed by atoms with E-state index in [1.807, 2.05) is 13.8 Å². The number of carbonyl (C=O) groups is 1. The van der Waals surface area contributed by atoms with Crippen molar-refractivity contribution in [2.45, 2.75) is 77.8 Å². The molecule has 0 atom stereocenters. The molecule has 1 aliphatic carbocycles. The van der Waals surface area contributed by atoms with Crippen LogP contribution < -0.4 is 15.4 Å². The van der Waals surface area contributed by atoms with Crippen molar-refractivity contribution in [1.29, 1.82) is 0 Å². The molecule has 146 valence electrons. The number of carbonyl (C=O) groups excluding carboxylic acids is 1. The van der Waals surface area contributed by atoms with Crippen LogP contribution in [0.2, 0.25) is 0 Å². The fourth-order valence-electron chi connectivity index (χ4n) is 3.77. The molecule has 1 heterocycles. The molecule has 0 unspecified atom stereocenters. The summed E-state index contributed by atoms with van der Waals surface area (Å²) in [6.07, 6.45) is 5.67. The highest BCUT2D eigenvalue weighted by molar-refractivity contribution is 7.87. The Balaban J connectivity index is 1.81. The van der Waals surface area contributed by atoms with E-state index in [-0.39, 0.29) is 17.5 Å². The minimum absolute atomic E-state index is 0.0357. The van der Waals surface area contributed by atoms with Gasteiger partial charge in [-0.05, 0) is 51.4 Å². The molecule has 1 aliphatic heterocycles. The molecule has 0 bridgehead atoms. The highest BCUT2D eigenvalue weighted by Crippen LogP contribution is 2.38. The Bertz CT molecular complexity index is 568. The number of unbranched alkanes of at least 4 members (excludes halogenated alkanes) is 1. The molecule has 25 heavy (non-hydrogen) atoms. The van der Waals surface area contributed by atoms with Gasteiger partial charge in [0, 0.05) is 31.2 Å². The number of hydrogen-bond donors (Lipinski definition) is 3. The molecule has 3 N–H and O–H groups in total. The quantitative estimate of drug-likeness (QED) is 0.621. The van der Waals surface area contributed by atoms with Crippen molar-refractivity contribution in [2.24, 2.45) is 5.41 Å². The van der Waals surface area contributed by atoms with E-state index in [1.54, 1.807) is 4.31 Å². The number of urea groups is 1. The van der Waals surface area contributed by atoms with Gasteiger partial charge in [0.25, 0.3) is 10.2 Å². The second-order valence-electron chi connectivity index (χ2n) is 8.60. The smallest absolute Gasteiger partial charge is 0.315 e. The van der Waals surface area contributed by atoms with E-state index in [2.05, 4.69) is 29.2 Å². The average Bonchev–Trinajstić information content (AvgIpc) is 2.69. The van der Waals surface area contributed by atoms with Gasteiger partial charge in [-0.15, -0.1) is 0 Å². The maximum Gasteiger partial charge on any atom is 0.315 e. The first-order valence-electron chi connectivity index (χ1n) is 9.39. The van der Waals surface area contributed by atoms with Gasteiger partial charge in [-0.1, -0.05) is 20.3 Å². The molecule has 2 amide bonds. The maximum atomic E-state index is 12.3. The summed E-state index contributed by atoms with van der Waals surface area (Å²) in [6, 6.07) is 0.0922. The Morgan fingerprint density at radius 1 is 1.24 bits per heavy atom. The average molecular weight is 375 g/mol. The molecule has 2 fully saturated rings. The van der Waals surface area contributed by atoms with Crippen molar-refractivity contribution < 1.29 is 13.2 Å². The maximum absolute atomic E-state index is 12.3. The Morgan fingerprint density at radius 3 is 2.40 bits per heavy atom. The fraction of sp³-hybridized carbons (Fsp3) is 0.941. The lowest BCUT2D eigenvalue weighted by Gasteiger charge is -2.39. The topological polar surface area (TPSA) is 90.5 Å². The minimum Gasteiger partial charge on any atom is -0.338 e. The van der Waals surface area contributed by atoms with Crippen LogP contribution in [0.3, 0.4) is 0 Å². The number of amides is 2. The van der Waals surface area contributed by atoms with Crippen molar-refractivity contribution in [3.63, 3.8) is 0 Å². The van der Waals surface area contributed by atoms with Gasteiger partial charge in [-0.25, -0.2) is 4.79 Å². The molecule has 0 aromatic rings. The molecule has 0 aromatic carbocycles. The molecular formula is C17H34N4O3S. The second-order valence-corrected chi connectivity index (χ2v) is 10.3. The van der Waals surface area contributed by atoms with Crippen molar-refractivity contribution in [2.75, 3.05) is 19.6 Å². The molecule has 2 aliphatic rings. The zero-order valence-corrected chi connectivity index (χ0v) is 16.8. The largest absolute Gasteiger partial charge is 0.338 e. The Labute approximate surface area is 152 Å². The third-order valence-electron chi connectivity index (χ3n) is 5.22. The number of nitrogens with one attached hydrogen (secondary N) is 3. The monoisotopic (exact) mass is 374 g/mol. The van der Waals surface area contributed by atoms with Gasteiger partial charge in [0.15, 0.2) is 0 Å². The Kier molecular flexibility index (Phi) is 6.38. The summed E-state index contributed by atoms with van der Waals surface area (Å²) in [5.41, 5.74) is -0.448. The number of rotatable bonds is 6. The lowest BCUT2D eigenvalue weighted by atomic mass is 9.74. The SMILES string of the molecule is CCCCNC(=O)NC1CCC(C)(CN2CC(C)(C)NS2(=O)=O)CC1. The summed E-state index contributed by atoms with van der Waals surface area (Å²) in [7, 11) is -3.37. The highest BCUT2D eigenvalue weighted by Gasteiger charge is 2.44. The molecule has 2 rings (SSSR count). The first-order chi connectivity index (χ1) is 11.6. The Morgan fingerprint density at radius 2 is 1.88 bits per heavy atom. The van der Waals surface area contributed by atoms with E-state index in [0.29, 0.717) is 19.6 Å². The van der Waals surface area contributed by atoms with Crippen molar-refractivity contribution in [1.82, 2.24) is 19.7 Å². The molecule has 7 nitrogen and oxygen atoms in total. The van der Waals surface area contributed by atoms with E-state index >= 15 is 0 Å². The third-order valence-corrected chi connectivity index (χ3v) is 6.97. The van der Waals surface area contributed by atoms with Crippen LogP contribution in [0, 0.1) is 5.41 Å². The van der Waals surface area contributed by atoms with Gasteiger partial charge in [0.1, 0.15) is 0 Å². The molecule has 0 aromatic heterocycles. The van der Waals surface area contributed by atoms with E-state index < -0.39 is 15.7 Å². The van der Waals surface area contributed by atoms with Crippen LogP contribution in [-0.2, 0) is 10.2 Å².